The van der Waals surface area contributed by atoms with Gasteiger partial charge in [0.2, 0.25) is 0 Å². The Hall–Kier alpha value is -1.75. The normalized spacial score (nSPS) is 10.5. The zero-order valence-electron chi connectivity index (χ0n) is 11.4. The minimum atomic E-state index is 0.0576. The number of hydrogen-bond donors (Lipinski definition) is 0. The number of carbonyl (C=O) groups is 1. The summed E-state index contributed by atoms with van der Waals surface area (Å²) in [5.41, 5.74) is 1.59. The van der Waals surface area contributed by atoms with Crippen LogP contribution in [0.25, 0.3) is 10.7 Å². The molecule has 0 N–H and O–H groups in total. The maximum atomic E-state index is 12.3. The molecule has 4 nitrogen and oxygen atoms in total. The van der Waals surface area contributed by atoms with Gasteiger partial charge in [0.25, 0.3) is 5.91 Å². The molecule has 0 saturated heterocycles. The number of rotatable bonds is 4. The van der Waals surface area contributed by atoms with E-state index >= 15 is 0 Å². The van der Waals surface area contributed by atoms with Gasteiger partial charge in [0.1, 0.15) is 9.88 Å². The predicted molar refractivity (Wildman–Crippen MR) is 77.3 cm³/mol. The molecule has 0 aromatic carbocycles. The Bertz CT molecular complexity index is 561. The molecule has 0 aliphatic rings. The number of amides is 1. The minimum Gasteiger partial charge on any atom is -0.338 e. The van der Waals surface area contributed by atoms with Crippen LogP contribution < -0.4 is 0 Å². The van der Waals surface area contributed by atoms with E-state index < -0.39 is 0 Å². The molecule has 19 heavy (non-hydrogen) atoms. The van der Waals surface area contributed by atoms with Gasteiger partial charge in [-0.15, -0.1) is 11.3 Å². The lowest BCUT2D eigenvalue weighted by atomic mass is 10.3. The Balaban J connectivity index is 2.34. The highest BCUT2D eigenvalue weighted by molar-refractivity contribution is 7.17. The molecule has 100 valence electrons. The third-order valence-electron chi connectivity index (χ3n) is 2.93. The molecule has 1 amide bonds. The second-order valence-electron chi connectivity index (χ2n) is 4.13. The fourth-order valence-corrected chi connectivity index (χ4v) is 2.86. The van der Waals surface area contributed by atoms with E-state index in [1.54, 1.807) is 6.20 Å². The van der Waals surface area contributed by atoms with Crippen LogP contribution in [0.2, 0.25) is 0 Å². The molecule has 0 saturated carbocycles. The van der Waals surface area contributed by atoms with E-state index in [1.165, 1.54) is 11.3 Å². The van der Waals surface area contributed by atoms with Crippen LogP contribution in [-0.4, -0.2) is 33.9 Å². The molecular formula is C14H17N3OS. The van der Waals surface area contributed by atoms with Crippen LogP contribution in [0, 0.1) is 6.92 Å². The largest absolute Gasteiger partial charge is 0.338 e. The van der Waals surface area contributed by atoms with E-state index in [0.29, 0.717) is 18.0 Å². The molecular weight excluding hydrogens is 258 g/mol. The van der Waals surface area contributed by atoms with Crippen molar-refractivity contribution in [3.05, 3.63) is 35.0 Å². The van der Waals surface area contributed by atoms with Gasteiger partial charge in [-0.3, -0.25) is 9.78 Å². The van der Waals surface area contributed by atoms with Crippen molar-refractivity contribution in [1.82, 2.24) is 14.9 Å². The second-order valence-corrected chi connectivity index (χ2v) is 5.13. The highest BCUT2D eigenvalue weighted by Crippen LogP contribution is 2.27. The van der Waals surface area contributed by atoms with Gasteiger partial charge < -0.3 is 4.90 Å². The summed E-state index contributed by atoms with van der Waals surface area (Å²) in [6.45, 7) is 7.27. The fraction of sp³-hybridized carbons (Fsp3) is 0.357. The number of carbonyl (C=O) groups excluding carboxylic acids is 1. The molecule has 5 heteroatoms. The van der Waals surface area contributed by atoms with Crippen LogP contribution >= 0.6 is 11.3 Å². The van der Waals surface area contributed by atoms with Crippen LogP contribution in [0.4, 0.5) is 0 Å². The molecule has 2 aromatic heterocycles. The van der Waals surface area contributed by atoms with Crippen molar-refractivity contribution in [2.24, 2.45) is 0 Å². The van der Waals surface area contributed by atoms with Crippen molar-refractivity contribution in [3.8, 4) is 10.7 Å². The maximum Gasteiger partial charge on any atom is 0.265 e. The van der Waals surface area contributed by atoms with Crippen molar-refractivity contribution < 1.29 is 4.79 Å². The van der Waals surface area contributed by atoms with E-state index in [4.69, 9.17) is 0 Å². The van der Waals surface area contributed by atoms with E-state index in [2.05, 4.69) is 9.97 Å². The Morgan fingerprint density at radius 2 is 2.05 bits per heavy atom. The highest BCUT2D eigenvalue weighted by Gasteiger charge is 2.20. The van der Waals surface area contributed by atoms with E-state index in [9.17, 15) is 4.79 Å². The van der Waals surface area contributed by atoms with Gasteiger partial charge in [-0.05, 0) is 32.9 Å². The molecule has 0 spiro atoms. The Kier molecular flexibility index (Phi) is 4.27. The molecule has 2 aromatic rings. The number of pyridine rings is 1. The first-order valence-electron chi connectivity index (χ1n) is 6.35. The van der Waals surface area contributed by atoms with Gasteiger partial charge in [-0.2, -0.15) is 0 Å². The lowest BCUT2D eigenvalue weighted by molar-refractivity contribution is 0.0777. The number of nitrogens with zero attached hydrogens (tertiary/aromatic N) is 3. The smallest absolute Gasteiger partial charge is 0.265 e. The molecule has 0 radical (unpaired) electrons. The quantitative estimate of drug-likeness (QED) is 0.861. The summed E-state index contributed by atoms with van der Waals surface area (Å²) < 4.78 is 0. The van der Waals surface area contributed by atoms with Crippen molar-refractivity contribution in [1.29, 1.82) is 0 Å². The molecule has 0 aliphatic heterocycles. The van der Waals surface area contributed by atoms with Crippen molar-refractivity contribution in [3.63, 3.8) is 0 Å². The summed E-state index contributed by atoms with van der Waals surface area (Å²) in [4.78, 5) is 23.6. The Morgan fingerprint density at radius 1 is 1.32 bits per heavy atom. The zero-order chi connectivity index (χ0) is 13.8. The average Bonchev–Trinajstić information content (AvgIpc) is 2.83. The average molecular weight is 275 g/mol. The lowest BCUT2D eigenvalue weighted by Crippen LogP contribution is -2.30. The minimum absolute atomic E-state index is 0.0576. The molecule has 0 atom stereocenters. The summed E-state index contributed by atoms with van der Waals surface area (Å²) >= 11 is 1.41. The topological polar surface area (TPSA) is 46.1 Å². The van der Waals surface area contributed by atoms with Gasteiger partial charge in [-0.25, -0.2) is 4.98 Å². The van der Waals surface area contributed by atoms with E-state index in [1.807, 2.05) is 43.9 Å². The summed E-state index contributed by atoms with van der Waals surface area (Å²) in [7, 11) is 0. The number of aryl methyl sites for hydroxylation is 1. The van der Waals surface area contributed by atoms with Gasteiger partial charge in [0.05, 0.1) is 11.4 Å². The third-order valence-corrected chi connectivity index (χ3v) is 4.09. The number of aromatic nitrogens is 2. The highest BCUT2D eigenvalue weighted by atomic mass is 32.1. The Morgan fingerprint density at radius 3 is 2.63 bits per heavy atom. The Labute approximate surface area is 117 Å². The zero-order valence-corrected chi connectivity index (χ0v) is 12.2. The van der Waals surface area contributed by atoms with E-state index in [-0.39, 0.29) is 5.91 Å². The molecule has 0 unspecified atom stereocenters. The molecule has 0 fully saturated rings. The first-order valence-corrected chi connectivity index (χ1v) is 7.17. The van der Waals surface area contributed by atoms with Crippen LogP contribution in [-0.2, 0) is 0 Å². The third kappa shape index (κ3) is 2.81. The van der Waals surface area contributed by atoms with Crippen molar-refractivity contribution in [2.45, 2.75) is 20.8 Å². The molecule has 0 aliphatic carbocycles. The SMILES string of the molecule is CCN(CC)C(=O)c1sc(-c2ccccn2)nc1C. The van der Waals surface area contributed by atoms with Crippen LogP contribution in [0.15, 0.2) is 24.4 Å². The molecule has 2 rings (SSSR count). The van der Waals surface area contributed by atoms with Gasteiger partial charge in [0, 0.05) is 19.3 Å². The van der Waals surface area contributed by atoms with Crippen molar-refractivity contribution >= 4 is 17.2 Å². The first-order chi connectivity index (χ1) is 9.17. The van der Waals surface area contributed by atoms with Gasteiger partial charge >= 0.3 is 0 Å². The summed E-state index contributed by atoms with van der Waals surface area (Å²) in [5.74, 6) is 0.0576. The number of hydrogen-bond acceptors (Lipinski definition) is 4. The first kappa shape index (κ1) is 13.7. The monoisotopic (exact) mass is 275 g/mol. The van der Waals surface area contributed by atoms with E-state index in [0.717, 1.165) is 16.4 Å². The summed E-state index contributed by atoms with van der Waals surface area (Å²) in [5, 5.41) is 0.800. The molecule has 2 heterocycles. The lowest BCUT2D eigenvalue weighted by Gasteiger charge is -2.17. The van der Waals surface area contributed by atoms with Crippen molar-refractivity contribution in [2.75, 3.05) is 13.1 Å². The van der Waals surface area contributed by atoms with Gasteiger partial charge in [-0.1, -0.05) is 6.07 Å². The second kappa shape index (κ2) is 5.93. The fourth-order valence-electron chi connectivity index (χ4n) is 1.85. The molecule has 0 bridgehead atoms. The predicted octanol–water partition coefficient (Wildman–Crippen LogP) is 3.00. The van der Waals surface area contributed by atoms with Gasteiger partial charge in [0.15, 0.2) is 0 Å². The summed E-state index contributed by atoms with van der Waals surface area (Å²) in [6.07, 6.45) is 1.73. The number of thiazole rings is 1. The maximum absolute atomic E-state index is 12.3. The standard InChI is InChI=1S/C14H17N3OS/c1-4-17(5-2)14(18)12-10(3)16-13(19-12)11-8-6-7-9-15-11/h6-9H,4-5H2,1-3H3. The summed E-state index contributed by atoms with van der Waals surface area (Å²) in [6, 6.07) is 5.70. The van der Waals surface area contributed by atoms with Crippen LogP contribution in [0.1, 0.15) is 29.2 Å². The van der Waals surface area contributed by atoms with Crippen LogP contribution in [0.3, 0.4) is 0 Å². The van der Waals surface area contributed by atoms with Crippen LogP contribution in [0.5, 0.6) is 0 Å².